The molecule has 6 heteroatoms. The molecule has 2 rings (SSSR count). The van der Waals surface area contributed by atoms with Crippen LogP contribution >= 0.6 is 15.9 Å². The molecule has 0 fully saturated rings. The number of carbonyl (C=O) groups is 1. The van der Waals surface area contributed by atoms with E-state index >= 15 is 0 Å². The number of nitro benzene ring substituents is 1. The van der Waals surface area contributed by atoms with E-state index in [2.05, 4.69) is 27.8 Å². The normalized spacial score (nSPS) is 9.38. The summed E-state index contributed by atoms with van der Waals surface area (Å²) < 4.78 is 5.74. The number of carbonyl (C=O) groups excluding carboxylic acids is 1. The molecule has 0 saturated heterocycles. The highest BCUT2D eigenvalue weighted by molar-refractivity contribution is 9.10. The number of non-ortho nitro benzene ring substituents is 1. The van der Waals surface area contributed by atoms with E-state index in [1.165, 1.54) is 24.3 Å². The monoisotopic (exact) mass is 345 g/mol. The molecule has 104 valence electrons. The zero-order chi connectivity index (χ0) is 15.2. The number of ether oxygens (including phenoxy) is 1. The Hall–Kier alpha value is -2.65. The third-order valence-electron chi connectivity index (χ3n) is 2.43. The number of halogens is 1. The van der Waals surface area contributed by atoms with Crippen molar-refractivity contribution in [2.24, 2.45) is 0 Å². The fraction of sp³-hybridized carbons (Fsp3) is 0. The standard InChI is InChI=1S/C15H8BrNO4/c16-14-4-2-1-3-11(14)5-10-15(18)21-13-8-6-12(7-9-13)17(19)20/h1-4,6-9H. The molecule has 0 aliphatic carbocycles. The largest absolute Gasteiger partial charge is 0.417 e. The number of benzene rings is 2. The maximum Gasteiger partial charge on any atom is 0.390 e. The van der Waals surface area contributed by atoms with Gasteiger partial charge in [-0.1, -0.05) is 18.1 Å². The zero-order valence-electron chi connectivity index (χ0n) is 10.6. The number of hydrogen-bond donors (Lipinski definition) is 0. The molecule has 0 heterocycles. The van der Waals surface area contributed by atoms with Gasteiger partial charge >= 0.3 is 5.97 Å². The van der Waals surface area contributed by atoms with Crippen molar-refractivity contribution in [3.05, 3.63) is 68.7 Å². The van der Waals surface area contributed by atoms with Crippen molar-refractivity contribution >= 4 is 27.6 Å². The SMILES string of the molecule is O=C(C#Cc1ccccc1Br)Oc1ccc([N+](=O)[O-])cc1. The minimum absolute atomic E-state index is 0.0749. The number of nitrogens with zero attached hydrogens (tertiary/aromatic N) is 1. The Morgan fingerprint density at radius 2 is 1.81 bits per heavy atom. The molecule has 0 unspecified atom stereocenters. The van der Waals surface area contributed by atoms with Crippen molar-refractivity contribution in [2.45, 2.75) is 0 Å². The number of nitro groups is 1. The zero-order valence-corrected chi connectivity index (χ0v) is 12.2. The lowest BCUT2D eigenvalue weighted by Gasteiger charge is -1.99. The first-order chi connectivity index (χ1) is 10.1. The number of esters is 1. The van der Waals surface area contributed by atoms with E-state index in [4.69, 9.17) is 4.74 Å². The summed E-state index contributed by atoms with van der Waals surface area (Å²) in [6, 6.07) is 12.4. The maximum absolute atomic E-state index is 11.6. The van der Waals surface area contributed by atoms with Gasteiger partial charge in [0.1, 0.15) is 5.75 Å². The molecule has 0 N–H and O–H groups in total. The van der Waals surface area contributed by atoms with E-state index in [0.717, 1.165) is 4.47 Å². The van der Waals surface area contributed by atoms with Crippen molar-refractivity contribution in [2.75, 3.05) is 0 Å². The number of rotatable bonds is 2. The molecule has 21 heavy (non-hydrogen) atoms. The highest BCUT2D eigenvalue weighted by atomic mass is 79.9. The second-order valence-corrected chi connectivity index (χ2v) is 4.72. The van der Waals surface area contributed by atoms with Gasteiger partial charge in [-0.2, -0.15) is 0 Å². The van der Waals surface area contributed by atoms with Gasteiger partial charge in [-0.15, -0.1) is 0 Å². The van der Waals surface area contributed by atoms with Crippen LogP contribution in [0.5, 0.6) is 5.75 Å². The van der Waals surface area contributed by atoms with Crippen LogP contribution < -0.4 is 4.74 Å². The summed E-state index contributed by atoms with van der Waals surface area (Å²) in [5, 5.41) is 10.5. The van der Waals surface area contributed by atoms with E-state index in [9.17, 15) is 14.9 Å². The summed E-state index contributed by atoms with van der Waals surface area (Å²) in [4.78, 5) is 21.5. The predicted molar refractivity (Wildman–Crippen MR) is 79.8 cm³/mol. The Morgan fingerprint density at radius 1 is 1.14 bits per heavy atom. The molecule has 0 aromatic heterocycles. The van der Waals surface area contributed by atoms with Crippen molar-refractivity contribution in [1.82, 2.24) is 0 Å². The molecule has 0 bridgehead atoms. The van der Waals surface area contributed by atoms with E-state index < -0.39 is 10.9 Å². The second kappa shape index (κ2) is 6.68. The first-order valence-corrected chi connectivity index (χ1v) is 6.58. The van der Waals surface area contributed by atoms with E-state index in [-0.39, 0.29) is 11.4 Å². The van der Waals surface area contributed by atoms with Crippen LogP contribution in [0.15, 0.2) is 53.0 Å². The Labute approximate surface area is 128 Å². The van der Waals surface area contributed by atoms with Gasteiger partial charge in [-0.05, 0) is 40.2 Å². The summed E-state index contributed by atoms with van der Waals surface area (Å²) in [6.07, 6.45) is 0. The van der Waals surface area contributed by atoms with Crippen LogP contribution in [0, 0.1) is 22.0 Å². The highest BCUT2D eigenvalue weighted by Crippen LogP contribution is 2.17. The van der Waals surface area contributed by atoms with Gasteiger partial charge in [-0.25, -0.2) is 4.79 Å². The topological polar surface area (TPSA) is 69.4 Å². The fourth-order valence-electron chi connectivity index (χ4n) is 1.45. The molecular formula is C15H8BrNO4. The average Bonchev–Trinajstić information content (AvgIpc) is 2.47. The van der Waals surface area contributed by atoms with Crippen LogP contribution in [0.3, 0.4) is 0 Å². The summed E-state index contributed by atoms with van der Waals surface area (Å²) in [5.74, 6) is 4.50. The Kier molecular flexibility index (Phi) is 4.69. The van der Waals surface area contributed by atoms with Gasteiger partial charge in [0.25, 0.3) is 5.69 Å². The average molecular weight is 346 g/mol. The molecule has 0 atom stereocenters. The Balaban J connectivity index is 2.06. The first-order valence-electron chi connectivity index (χ1n) is 5.79. The third kappa shape index (κ3) is 4.16. The maximum atomic E-state index is 11.6. The summed E-state index contributed by atoms with van der Waals surface area (Å²) in [5.41, 5.74) is 0.590. The lowest BCUT2D eigenvalue weighted by atomic mass is 10.2. The quantitative estimate of drug-likeness (QED) is 0.275. The molecule has 0 saturated carbocycles. The predicted octanol–water partition coefficient (Wildman–Crippen LogP) is 3.31. The molecule has 2 aromatic carbocycles. The molecule has 0 aliphatic rings. The van der Waals surface area contributed by atoms with Gasteiger partial charge < -0.3 is 4.74 Å². The van der Waals surface area contributed by atoms with Gasteiger partial charge in [-0.3, -0.25) is 10.1 Å². The summed E-state index contributed by atoms with van der Waals surface area (Å²) in [6.45, 7) is 0. The van der Waals surface area contributed by atoms with Crippen molar-refractivity contribution in [3.63, 3.8) is 0 Å². The van der Waals surface area contributed by atoms with Crippen LogP contribution in [0.4, 0.5) is 5.69 Å². The van der Waals surface area contributed by atoms with Crippen molar-refractivity contribution in [1.29, 1.82) is 0 Å². The van der Waals surface area contributed by atoms with Crippen LogP contribution in [-0.2, 0) is 4.79 Å². The smallest absolute Gasteiger partial charge is 0.390 e. The molecule has 0 spiro atoms. The van der Waals surface area contributed by atoms with E-state index in [0.29, 0.717) is 5.56 Å². The van der Waals surface area contributed by atoms with Crippen LogP contribution in [0.25, 0.3) is 0 Å². The Morgan fingerprint density at radius 3 is 2.43 bits per heavy atom. The van der Waals surface area contributed by atoms with Crippen LogP contribution in [0.2, 0.25) is 0 Å². The number of hydrogen-bond acceptors (Lipinski definition) is 4. The van der Waals surface area contributed by atoms with Crippen molar-refractivity contribution < 1.29 is 14.5 Å². The molecule has 0 radical (unpaired) electrons. The fourth-order valence-corrected chi connectivity index (χ4v) is 1.83. The lowest BCUT2D eigenvalue weighted by molar-refractivity contribution is -0.384. The van der Waals surface area contributed by atoms with E-state index in [1.807, 2.05) is 12.1 Å². The van der Waals surface area contributed by atoms with Gasteiger partial charge in [0, 0.05) is 28.1 Å². The third-order valence-corrected chi connectivity index (χ3v) is 3.12. The molecule has 2 aromatic rings. The van der Waals surface area contributed by atoms with Gasteiger partial charge in [0.05, 0.1) is 4.92 Å². The first kappa shape index (κ1) is 14.8. The minimum Gasteiger partial charge on any atom is -0.417 e. The second-order valence-electron chi connectivity index (χ2n) is 3.87. The minimum atomic E-state index is -0.736. The highest BCUT2D eigenvalue weighted by Gasteiger charge is 2.06. The molecule has 0 aliphatic heterocycles. The summed E-state index contributed by atoms with van der Waals surface area (Å²) in [7, 11) is 0. The Bertz CT molecular complexity index is 744. The summed E-state index contributed by atoms with van der Waals surface area (Å²) >= 11 is 3.32. The van der Waals surface area contributed by atoms with Gasteiger partial charge in [0.15, 0.2) is 0 Å². The van der Waals surface area contributed by atoms with Gasteiger partial charge in [0.2, 0.25) is 0 Å². The molecule has 0 amide bonds. The van der Waals surface area contributed by atoms with Crippen molar-refractivity contribution in [3.8, 4) is 17.6 Å². The molecule has 5 nitrogen and oxygen atoms in total. The van der Waals surface area contributed by atoms with Crippen LogP contribution in [-0.4, -0.2) is 10.9 Å². The lowest BCUT2D eigenvalue weighted by Crippen LogP contribution is -2.04. The van der Waals surface area contributed by atoms with Crippen LogP contribution in [0.1, 0.15) is 5.56 Å². The van der Waals surface area contributed by atoms with E-state index in [1.54, 1.807) is 12.1 Å². The molecular weight excluding hydrogens is 338 g/mol.